The lowest BCUT2D eigenvalue weighted by atomic mass is 10.0. The number of hydrogen-bond acceptors (Lipinski definition) is 2. The van der Waals surface area contributed by atoms with Crippen LogP contribution in [-0.2, 0) is 11.2 Å². The summed E-state index contributed by atoms with van der Waals surface area (Å²) in [4.78, 5) is 14.2. The van der Waals surface area contributed by atoms with Crippen molar-refractivity contribution in [2.45, 2.75) is 18.9 Å². The number of likely N-dealkylation sites (N-methyl/N-ethyl adjacent to an activating group) is 1. The van der Waals surface area contributed by atoms with Gasteiger partial charge in [0.15, 0.2) is 0 Å². The SMILES string of the molecule is CN(C(=O)Cc1ccc(-c2ccccc2)cc1)C1CCNC1. The number of benzene rings is 2. The molecule has 1 heterocycles. The van der Waals surface area contributed by atoms with Gasteiger partial charge in [0.25, 0.3) is 0 Å². The first-order chi connectivity index (χ1) is 10.7. The van der Waals surface area contributed by atoms with Crippen LogP contribution in [0.25, 0.3) is 11.1 Å². The van der Waals surface area contributed by atoms with E-state index in [1.54, 1.807) is 0 Å². The summed E-state index contributed by atoms with van der Waals surface area (Å²) < 4.78 is 0. The first kappa shape index (κ1) is 14.8. The Morgan fingerprint density at radius 2 is 1.77 bits per heavy atom. The fourth-order valence-corrected chi connectivity index (χ4v) is 2.92. The Kier molecular flexibility index (Phi) is 4.54. The van der Waals surface area contributed by atoms with Gasteiger partial charge in [-0.3, -0.25) is 4.79 Å². The molecular weight excluding hydrogens is 272 g/mol. The lowest BCUT2D eigenvalue weighted by molar-refractivity contribution is -0.130. The van der Waals surface area contributed by atoms with Crippen LogP contribution in [0.3, 0.4) is 0 Å². The van der Waals surface area contributed by atoms with Gasteiger partial charge in [0.2, 0.25) is 5.91 Å². The summed E-state index contributed by atoms with van der Waals surface area (Å²) in [6.45, 7) is 1.92. The Morgan fingerprint density at radius 1 is 1.09 bits per heavy atom. The van der Waals surface area contributed by atoms with Crippen molar-refractivity contribution in [2.75, 3.05) is 20.1 Å². The van der Waals surface area contributed by atoms with Crippen LogP contribution in [0.4, 0.5) is 0 Å². The Hall–Kier alpha value is -2.13. The van der Waals surface area contributed by atoms with Crippen molar-refractivity contribution in [3.8, 4) is 11.1 Å². The van der Waals surface area contributed by atoms with Gasteiger partial charge in [-0.2, -0.15) is 0 Å². The molecule has 0 aliphatic carbocycles. The van der Waals surface area contributed by atoms with Crippen molar-refractivity contribution in [3.05, 3.63) is 60.2 Å². The van der Waals surface area contributed by atoms with Crippen molar-refractivity contribution >= 4 is 5.91 Å². The molecule has 3 heteroatoms. The topological polar surface area (TPSA) is 32.3 Å². The van der Waals surface area contributed by atoms with Crippen LogP contribution in [0.5, 0.6) is 0 Å². The smallest absolute Gasteiger partial charge is 0.227 e. The van der Waals surface area contributed by atoms with Gasteiger partial charge in [-0.1, -0.05) is 54.6 Å². The van der Waals surface area contributed by atoms with Crippen LogP contribution in [0, 0.1) is 0 Å². The molecule has 2 aromatic rings. The van der Waals surface area contributed by atoms with Crippen LogP contribution in [0.15, 0.2) is 54.6 Å². The van der Waals surface area contributed by atoms with E-state index in [9.17, 15) is 4.79 Å². The molecule has 3 rings (SSSR count). The molecule has 114 valence electrons. The monoisotopic (exact) mass is 294 g/mol. The lowest BCUT2D eigenvalue weighted by Gasteiger charge is -2.23. The molecule has 1 aliphatic rings. The molecule has 1 atom stereocenters. The Bertz CT molecular complexity index is 616. The molecule has 1 fully saturated rings. The molecule has 0 aromatic heterocycles. The first-order valence-corrected chi connectivity index (χ1v) is 7.85. The summed E-state index contributed by atoms with van der Waals surface area (Å²) in [6, 6.07) is 18.9. The van der Waals surface area contributed by atoms with E-state index >= 15 is 0 Å². The summed E-state index contributed by atoms with van der Waals surface area (Å²) in [5.74, 6) is 0.196. The van der Waals surface area contributed by atoms with E-state index in [0.717, 1.165) is 25.1 Å². The van der Waals surface area contributed by atoms with E-state index in [0.29, 0.717) is 12.5 Å². The quantitative estimate of drug-likeness (QED) is 0.940. The van der Waals surface area contributed by atoms with E-state index in [4.69, 9.17) is 0 Å². The summed E-state index contributed by atoms with van der Waals surface area (Å²) >= 11 is 0. The van der Waals surface area contributed by atoms with Crippen molar-refractivity contribution < 1.29 is 4.79 Å². The third kappa shape index (κ3) is 3.37. The van der Waals surface area contributed by atoms with Gasteiger partial charge >= 0.3 is 0 Å². The third-order valence-corrected chi connectivity index (χ3v) is 4.39. The highest BCUT2D eigenvalue weighted by molar-refractivity contribution is 5.79. The molecule has 22 heavy (non-hydrogen) atoms. The van der Waals surface area contributed by atoms with Crippen LogP contribution in [0.2, 0.25) is 0 Å². The highest BCUT2D eigenvalue weighted by Crippen LogP contribution is 2.19. The second-order valence-electron chi connectivity index (χ2n) is 5.89. The summed E-state index contributed by atoms with van der Waals surface area (Å²) in [6.07, 6.45) is 1.53. The minimum Gasteiger partial charge on any atom is -0.341 e. The second-order valence-corrected chi connectivity index (χ2v) is 5.89. The van der Waals surface area contributed by atoms with Crippen molar-refractivity contribution in [1.29, 1.82) is 0 Å². The average molecular weight is 294 g/mol. The highest BCUT2D eigenvalue weighted by atomic mass is 16.2. The average Bonchev–Trinajstić information content (AvgIpc) is 3.10. The normalized spacial score (nSPS) is 17.4. The van der Waals surface area contributed by atoms with Gasteiger partial charge < -0.3 is 10.2 Å². The maximum Gasteiger partial charge on any atom is 0.227 e. The zero-order chi connectivity index (χ0) is 15.4. The minimum atomic E-state index is 0.196. The highest BCUT2D eigenvalue weighted by Gasteiger charge is 2.22. The minimum absolute atomic E-state index is 0.196. The fraction of sp³-hybridized carbons (Fsp3) is 0.316. The van der Waals surface area contributed by atoms with Gasteiger partial charge in [-0.05, 0) is 29.7 Å². The number of carbonyl (C=O) groups excluding carboxylic acids is 1. The molecule has 1 amide bonds. The third-order valence-electron chi connectivity index (χ3n) is 4.39. The van der Waals surface area contributed by atoms with Gasteiger partial charge in [0.05, 0.1) is 6.42 Å². The van der Waals surface area contributed by atoms with Gasteiger partial charge in [-0.15, -0.1) is 0 Å². The molecular formula is C19H22N2O. The van der Waals surface area contributed by atoms with Crippen molar-refractivity contribution in [3.63, 3.8) is 0 Å². The molecule has 2 aromatic carbocycles. The zero-order valence-corrected chi connectivity index (χ0v) is 13.0. The van der Waals surface area contributed by atoms with E-state index < -0.39 is 0 Å². The Labute approximate surface area is 132 Å². The van der Waals surface area contributed by atoms with E-state index in [2.05, 4.69) is 41.7 Å². The van der Waals surface area contributed by atoms with Crippen molar-refractivity contribution in [2.24, 2.45) is 0 Å². The predicted octanol–water partition coefficient (Wildman–Crippen LogP) is 2.72. The molecule has 0 spiro atoms. The Morgan fingerprint density at radius 3 is 2.41 bits per heavy atom. The predicted molar refractivity (Wildman–Crippen MR) is 89.6 cm³/mol. The summed E-state index contributed by atoms with van der Waals surface area (Å²) in [7, 11) is 1.92. The zero-order valence-electron chi connectivity index (χ0n) is 13.0. The van der Waals surface area contributed by atoms with E-state index in [-0.39, 0.29) is 5.91 Å². The summed E-state index contributed by atoms with van der Waals surface area (Å²) in [5, 5.41) is 3.30. The lowest BCUT2D eigenvalue weighted by Crippen LogP contribution is -2.39. The van der Waals surface area contributed by atoms with Crippen LogP contribution in [-0.4, -0.2) is 37.0 Å². The van der Waals surface area contributed by atoms with Crippen LogP contribution < -0.4 is 5.32 Å². The van der Waals surface area contributed by atoms with E-state index in [1.807, 2.05) is 30.1 Å². The maximum atomic E-state index is 12.4. The first-order valence-electron chi connectivity index (χ1n) is 7.85. The standard InChI is InChI=1S/C19H22N2O/c1-21(18-11-12-20-14-18)19(22)13-15-7-9-17(10-8-15)16-5-3-2-4-6-16/h2-10,18,20H,11-14H2,1H3. The molecule has 1 saturated heterocycles. The van der Waals surface area contributed by atoms with Gasteiger partial charge in [0.1, 0.15) is 0 Å². The maximum absolute atomic E-state index is 12.4. The largest absolute Gasteiger partial charge is 0.341 e. The number of nitrogens with zero attached hydrogens (tertiary/aromatic N) is 1. The molecule has 1 N–H and O–H groups in total. The second kappa shape index (κ2) is 6.75. The van der Waals surface area contributed by atoms with E-state index in [1.165, 1.54) is 11.1 Å². The number of carbonyl (C=O) groups is 1. The summed E-state index contributed by atoms with van der Waals surface area (Å²) in [5.41, 5.74) is 3.46. The number of amides is 1. The van der Waals surface area contributed by atoms with Gasteiger partial charge in [0, 0.05) is 19.6 Å². The van der Waals surface area contributed by atoms with Crippen LogP contribution in [0.1, 0.15) is 12.0 Å². The molecule has 0 bridgehead atoms. The van der Waals surface area contributed by atoms with Gasteiger partial charge in [-0.25, -0.2) is 0 Å². The number of nitrogens with one attached hydrogen (secondary N) is 1. The van der Waals surface area contributed by atoms with Crippen LogP contribution >= 0.6 is 0 Å². The molecule has 3 nitrogen and oxygen atoms in total. The Balaban J connectivity index is 1.64. The molecule has 1 aliphatic heterocycles. The molecule has 0 saturated carbocycles. The number of hydrogen-bond donors (Lipinski definition) is 1. The molecule has 0 radical (unpaired) electrons. The molecule has 1 unspecified atom stereocenters. The van der Waals surface area contributed by atoms with Crippen molar-refractivity contribution in [1.82, 2.24) is 10.2 Å². The number of rotatable bonds is 4. The fourth-order valence-electron chi connectivity index (χ4n) is 2.92.